The lowest BCUT2D eigenvalue weighted by Crippen LogP contribution is -2.50. The zero-order valence-electron chi connectivity index (χ0n) is 22.2. The quantitative estimate of drug-likeness (QED) is 0.280. The van der Waals surface area contributed by atoms with Gasteiger partial charge in [-0.15, -0.1) is 10.2 Å². The molecule has 1 aliphatic rings. The number of aryl methyl sites for hydroxylation is 1. The van der Waals surface area contributed by atoms with Crippen LogP contribution in [0.1, 0.15) is 5.56 Å². The van der Waals surface area contributed by atoms with Crippen molar-refractivity contribution in [2.24, 2.45) is 0 Å². The fourth-order valence-corrected chi connectivity index (χ4v) is 7.22. The van der Waals surface area contributed by atoms with Crippen LogP contribution in [0.5, 0.6) is 0 Å². The molecule has 1 fully saturated rings. The normalized spacial score (nSPS) is 14.5. The van der Waals surface area contributed by atoms with Crippen LogP contribution < -0.4 is 0 Å². The molecule has 0 aliphatic carbocycles. The lowest BCUT2D eigenvalue weighted by Gasteiger charge is -2.34. The molecule has 9 nitrogen and oxygen atoms in total. The van der Waals surface area contributed by atoms with E-state index < -0.39 is 15.8 Å². The smallest absolute Gasteiger partial charge is 0.243 e. The van der Waals surface area contributed by atoms with Gasteiger partial charge in [-0.1, -0.05) is 42.1 Å². The largest absolute Gasteiger partial charge is 0.360 e. The zero-order chi connectivity index (χ0) is 28.6. The third-order valence-electron chi connectivity index (χ3n) is 7.09. The predicted molar refractivity (Wildman–Crippen MR) is 156 cm³/mol. The van der Waals surface area contributed by atoms with E-state index in [-0.39, 0.29) is 42.7 Å². The van der Waals surface area contributed by atoms with E-state index in [2.05, 4.69) is 15.2 Å². The number of rotatable bonds is 7. The highest BCUT2D eigenvalue weighted by Crippen LogP contribution is 2.33. The summed E-state index contributed by atoms with van der Waals surface area (Å²) in [5, 5.41) is 10.6. The topological polar surface area (TPSA) is 104 Å². The maximum Gasteiger partial charge on any atom is 0.243 e. The molecule has 0 unspecified atom stereocenters. The molecular weight excluding hydrogens is 563 g/mol. The second-order valence-corrected chi connectivity index (χ2v) is 12.6. The average Bonchev–Trinajstić information content (AvgIpc) is 3.60. The number of aromatic amines is 1. The standard InChI is InChI=1S/C29H27FN6O3S2/c1-20-5-4-6-22(17-20)36-28(25-18-31-26-8-3-2-7-24(25)26)32-33-29(36)40-19-27(37)34-13-15-35(16-14-34)41(38,39)23-11-9-21(30)10-12-23/h2-12,17-18,31H,13-16,19H2,1H3. The van der Waals surface area contributed by atoms with Crippen molar-refractivity contribution in [1.29, 1.82) is 0 Å². The molecule has 0 radical (unpaired) electrons. The van der Waals surface area contributed by atoms with Crippen molar-refractivity contribution in [3.8, 4) is 17.1 Å². The van der Waals surface area contributed by atoms with Crippen molar-refractivity contribution in [2.75, 3.05) is 31.9 Å². The highest BCUT2D eigenvalue weighted by molar-refractivity contribution is 7.99. The molecule has 41 heavy (non-hydrogen) atoms. The summed E-state index contributed by atoms with van der Waals surface area (Å²) >= 11 is 1.30. The van der Waals surface area contributed by atoms with Gasteiger partial charge in [-0.05, 0) is 55.0 Å². The van der Waals surface area contributed by atoms with Gasteiger partial charge in [0.2, 0.25) is 15.9 Å². The molecule has 0 saturated carbocycles. The van der Waals surface area contributed by atoms with Gasteiger partial charge in [0.1, 0.15) is 5.82 Å². The van der Waals surface area contributed by atoms with Gasteiger partial charge < -0.3 is 9.88 Å². The second kappa shape index (κ2) is 11.1. The van der Waals surface area contributed by atoms with Crippen LogP contribution in [0.25, 0.3) is 28.0 Å². The SMILES string of the molecule is Cc1cccc(-n2c(SCC(=O)N3CCN(S(=O)(=O)c4ccc(F)cc4)CC3)nnc2-c2c[nH]c3ccccc23)c1. The molecule has 3 aromatic carbocycles. The predicted octanol–water partition coefficient (Wildman–Crippen LogP) is 4.49. The highest BCUT2D eigenvalue weighted by atomic mass is 32.2. The summed E-state index contributed by atoms with van der Waals surface area (Å²) < 4.78 is 42.4. The summed E-state index contributed by atoms with van der Waals surface area (Å²) in [5.74, 6) is 0.190. The molecule has 0 spiro atoms. The average molecular weight is 591 g/mol. The number of aromatic nitrogens is 4. The van der Waals surface area contributed by atoms with E-state index in [1.54, 1.807) is 4.90 Å². The summed E-state index contributed by atoms with van der Waals surface area (Å²) in [6.07, 6.45) is 1.92. The summed E-state index contributed by atoms with van der Waals surface area (Å²) in [6.45, 7) is 2.89. The highest BCUT2D eigenvalue weighted by Gasteiger charge is 2.30. The van der Waals surface area contributed by atoms with Crippen LogP contribution >= 0.6 is 11.8 Å². The monoisotopic (exact) mass is 590 g/mol. The van der Waals surface area contributed by atoms with Crippen LogP contribution in [0.4, 0.5) is 4.39 Å². The number of carbonyl (C=O) groups is 1. The Kier molecular flexibility index (Phi) is 7.37. The summed E-state index contributed by atoms with van der Waals surface area (Å²) in [5.41, 5.74) is 3.88. The minimum Gasteiger partial charge on any atom is -0.360 e. The molecule has 1 saturated heterocycles. The Hall–Kier alpha value is -4.00. The fraction of sp³-hybridized carbons (Fsp3) is 0.207. The maximum absolute atomic E-state index is 13.3. The molecule has 1 amide bonds. The van der Waals surface area contributed by atoms with Crippen molar-refractivity contribution in [3.63, 3.8) is 0 Å². The van der Waals surface area contributed by atoms with Gasteiger partial charge >= 0.3 is 0 Å². The summed E-state index contributed by atoms with van der Waals surface area (Å²) in [7, 11) is -3.76. The Morgan fingerprint density at radius 3 is 2.49 bits per heavy atom. The van der Waals surface area contributed by atoms with Crippen molar-refractivity contribution in [1.82, 2.24) is 29.0 Å². The Balaban J connectivity index is 1.19. The van der Waals surface area contributed by atoms with E-state index in [0.717, 1.165) is 39.8 Å². The summed E-state index contributed by atoms with van der Waals surface area (Å²) in [6, 6.07) is 20.8. The molecular formula is C29H27FN6O3S2. The van der Waals surface area contributed by atoms with Crippen LogP contribution in [-0.4, -0.2) is 75.2 Å². The Morgan fingerprint density at radius 1 is 0.976 bits per heavy atom. The number of H-pyrrole nitrogens is 1. The van der Waals surface area contributed by atoms with Gasteiger partial charge in [-0.3, -0.25) is 9.36 Å². The van der Waals surface area contributed by atoms with Gasteiger partial charge in [0.15, 0.2) is 11.0 Å². The van der Waals surface area contributed by atoms with Crippen molar-refractivity contribution in [3.05, 3.63) is 90.4 Å². The molecule has 6 rings (SSSR count). The maximum atomic E-state index is 13.3. The number of piperazine rings is 1. The minimum atomic E-state index is -3.76. The van der Waals surface area contributed by atoms with Crippen molar-refractivity contribution < 1.29 is 17.6 Å². The van der Waals surface area contributed by atoms with E-state index in [9.17, 15) is 17.6 Å². The molecule has 1 aliphatic heterocycles. The van der Waals surface area contributed by atoms with E-state index in [1.807, 2.05) is 66.2 Å². The number of nitrogens with zero attached hydrogens (tertiary/aromatic N) is 5. The van der Waals surface area contributed by atoms with Gasteiger partial charge in [-0.2, -0.15) is 4.31 Å². The number of benzene rings is 3. The zero-order valence-corrected chi connectivity index (χ0v) is 23.8. The van der Waals surface area contributed by atoms with E-state index >= 15 is 0 Å². The molecule has 0 atom stereocenters. The number of hydrogen-bond donors (Lipinski definition) is 1. The molecule has 12 heteroatoms. The van der Waals surface area contributed by atoms with Crippen LogP contribution in [0, 0.1) is 12.7 Å². The van der Waals surface area contributed by atoms with E-state index in [1.165, 1.54) is 28.2 Å². The number of amides is 1. The number of thioether (sulfide) groups is 1. The van der Waals surface area contributed by atoms with Crippen LogP contribution in [-0.2, 0) is 14.8 Å². The van der Waals surface area contributed by atoms with Gasteiger partial charge in [0, 0.05) is 54.5 Å². The molecule has 0 bridgehead atoms. The number of halogens is 1. The molecule has 1 N–H and O–H groups in total. The third-order valence-corrected chi connectivity index (χ3v) is 9.92. The number of fused-ring (bicyclic) bond motifs is 1. The van der Waals surface area contributed by atoms with Crippen molar-refractivity contribution in [2.45, 2.75) is 17.0 Å². The first-order chi connectivity index (χ1) is 19.8. The second-order valence-electron chi connectivity index (χ2n) is 9.76. The lowest BCUT2D eigenvalue weighted by atomic mass is 10.1. The van der Waals surface area contributed by atoms with Crippen molar-refractivity contribution >= 4 is 38.6 Å². The Bertz CT molecular complexity index is 1830. The van der Waals surface area contributed by atoms with E-state index in [0.29, 0.717) is 11.0 Å². The number of carbonyl (C=O) groups excluding carboxylic acids is 1. The number of sulfonamides is 1. The number of hydrogen-bond acceptors (Lipinski definition) is 6. The Labute approximate surface area is 241 Å². The van der Waals surface area contributed by atoms with Gasteiger partial charge in [0.05, 0.1) is 10.6 Å². The van der Waals surface area contributed by atoms with Crippen LogP contribution in [0.15, 0.2) is 89.0 Å². The third kappa shape index (κ3) is 5.37. The minimum absolute atomic E-state index is 0.0377. The van der Waals surface area contributed by atoms with E-state index in [4.69, 9.17) is 0 Å². The van der Waals surface area contributed by atoms with Gasteiger partial charge in [-0.25, -0.2) is 12.8 Å². The molecule has 5 aromatic rings. The first kappa shape index (κ1) is 27.2. The summed E-state index contributed by atoms with van der Waals surface area (Å²) in [4.78, 5) is 18.2. The number of nitrogens with one attached hydrogen (secondary N) is 1. The fourth-order valence-electron chi connectivity index (χ4n) is 4.95. The van der Waals surface area contributed by atoms with Gasteiger partial charge in [0.25, 0.3) is 0 Å². The first-order valence-corrected chi connectivity index (χ1v) is 15.5. The number of para-hydroxylation sites is 1. The molecule has 210 valence electrons. The first-order valence-electron chi connectivity index (χ1n) is 13.1. The molecule has 2 aromatic heterocycles. The Morgan fingerprint density at radius 2 is 1.73 bits per heavy atom. The molecule has 3 heterocycles. The van der Waals surface area contributed by atoms with Crippen LogP contribution in [0.2, 0.25) is 0 Å². The lowest BCUT2D eigenvalue weighted by molar-refractivity contribution is -0.129. The van der Waals surface area contributed by atoms with Crippen LogP contribution in [0.3, 0.4) is 0 Å².